The van der Waals surface area contributed by atoms with Gasteiger partial charge in [0.25, 0.3) is 0 Å². The number of nitrogens with zero attached hydrogens (tertiary/aromatic N) is 1. The normalized spacial score (nSPS) is 26.2. The van der Waals surface area contributed by atoms with Crippen LogP contribution in [-0.4, -0.2) is 43.0 Å². The van der Waals surface area contributed by atoms with Crippen LogP contribution in [0, 0.1) is 5.92 Å². The molecule has 132 valence electrons. The van der Waals surface area contributed by atoms with E-state index in [9.17, 15) is 4.79 Å². The van der Waals surface area contributed by atoms with Gasteiger partial charge in [-0.05, 0) is 63.2 Å². The third-order valence-corrected chi connectivity index (χ3v) is 6.12. The van der Waals surface area contributed by atoms with E-state index in [0.29, 0.717) is 12.0 Å². The van der Waals surface area contributed by atoms with Gasteiger partial charge in [-0.15, -0.1) is 0 Å². The Morgan fingerprint density at radius 3 is 2.96 bits per heavy atom. The van der Waals surface area contributed by atoms with Crippen LogP contribution in [0.25, 0.3) is 0 Å². The number of likely N-dealkylation sites (tertiary alicyclic amines) is 1. The van der Waals surface area contributed by atoms with E-state index < -0.39 is 0 Å². The Kier molecular flexibility index (Phi) is 6.31. The molecule has 3 rings (SSSR count). The summed E-state index contributed by atoms with van der Waals surface area (Å²) >= 11 is 3.68. The average Bonchev–Trinajstić information content (AvgIpc) is 3.14. The van der Waals surface area contributed by atoms with Crippen molar-refractivity contribution in [3.63, 3.8) is 0 Å². The lowest BCUT2D eigenvalue weighted by atomic mass is 9.95. The van der Waals surface area contributed by atoms with Crippen LogP contribution in [0.4, 0.5) is 0 Å². The van der Waals surface area contributed by atoms with E-state index in [1.807, 2.05) is 0 Å². The Morgan fingerprint density at radius 1 is 1.38 bits per heavy atom. The van der Waals surface area contributed by atoms with E-state index in [0.717, 1.165) is 39.0 Å². The van der Waals surface area contributed by atoms with Crippen molar-refractivity contribution in [2.24, 2.45) is 5.92 Å². The highest BCUT2D eigenvalue weighted by Gasteiger charge is 2.27. The number of carbonyl (C=O) groups is 1. The minimum Gasteiger partial charge on any atom is -0.354 e. The lowest BCUT2D eigenvalue weighted by molar-refractivity contribution is -0.123. The van der Waals surface area contributed by atoms with Gasteiger partial charge in [-0.3, -0.25) is 9.69 Å². The van der Waals surface area contributed by atoms with Crippen LogP contribution in [0.15, 0.2) is 28.7 Å². The molecule has 1 aromatic rings. The Labute approximate surface area is 153 Å². The second-order valence-corrected chi connectivity index (χ2v) is 7.95. The van der Waals surface area contributed by atoms with E-state index in [-0.39, 0.29) is 11.9 Å². The van der Waals surface area contributed by atoms with Crippen LogP contribution in [0.2, 0.25) is 0 Å². The number of hydrogen-bond donors (Lipinski definition) is 2. The first-order chi connectivity index (χ1) is 11.6. The minimum atomic E-state index is 0.0314. The Bertz CT molecular complexity index is 559. The zero-order valence-electron chi connectivity index (χ0n) is 14.4. The molecule has 0 aliphatic carbocycles. The highest BCUT2D eigenvalue weighted by atomic mass is 79.9. The molecule has 24 heavy (non-hydrogen) atoms. The topological polar surface area (TPSA) is 44.4 Å². The molecule has 0 spiro atoms. The van der Waals surface area contributed by atoms with Gasteiger partial charge in [-0.1, -0.05) is 34.1 Å². The van der Waals surface area contributed by atoms with E-state index in [4.69, 9.17) is 0 Å². The second kappa shape index (κ2) is 8.45. The van der Waals surface area contributed by atoms with Crippen molar-refractivity contribution >= 4 is 21.8 Å². The maximum absolute atomic E-state index is 12.2. The maximum Gasteiger partial charge on any atom is 0.237 e. The van der Waals surface area contributed by atoms with E-state index in [1.165, 1.54) is 22.9 Å². The molecule has 2 aliphatic rings. The van der Waals surface area contributed by atoms with Crippen molar-refractivity contribution in [1.29, 1.82) is 0 Å². The molecule has 2 N–H and O–H groups in total. The zero-order chi connectivity index (χ0) is 16.9. The molecule has 2 saturated heterocycles. The number of amides is 1. The van der Waals surface area contributed by atoms with Gasteiger partial charge in [-0.25, -0.2) is 0 Å². The monoisotopic (exact) mass is 393 g/mol. The van der Waals surface area contributed by atoms with Crippen molar-refractivity contribution < 1.29 is 4.79 Å². The van der Waals surface area contributed by atoms with E-state index in [1.54, 1.807) is 0 Å². The highest BCUT2D eigenvalue weighted by molar-refractivity contribution is 9.10. The molecule has 4 nitrogen and oxygen atoms in total. The number of halogens is 1. The predicted octanol–water partition coefficient (Wildman–Crippen LogP) is 3.09. The number of hydrogen-bond acceptors (Lipinski definition) is 3. The predicted molar refractivity (Wildman–Crippen MR) is 101 cm³/mol. The first kappa shape index (κ1) is 17.9. The summed E-state index contributed by atoms with van der Waals surface area (Å²) in [6.45, 7) is 6.25. The summed E-state index contributed by atoms with van der Waals surface area (Å²) in [4.78, 5) is 14.7. The smallest absolute Gasteiger partial charge is 0.237 e. The molecule has 1 amide bonds. The summed E-state index contributed by atoms with van der Waals surface area (Å²) in [6, 6.07) is 8.91. The molecule has 0 saturated carbocycles. The number of piperidine rings is 1. The van der Waals surface area contributed by atoms with E-state index >= 15 is 0 Å². The largest absolute Gasteiger partial charge is 0.354 e. The van der Waals surface area contributed by atoms with Crippen molar-refractivity contribution in [3.8, 4) is 0 Å². The molecular formula is C19H28BrN3O. The third kappa shape index (κ3) is 4.38. The van der Waals surface area contributed by atoms with Crippen LogP contribution in [-0.2, 0) is 4.79 Å². The first-order valence-corrected chi connectivity index (χ1v) is 9.94. The SMILES string of the molecule is CC(c1ccccc1Br)N1CCCC(CNC(=O)C2CCCN2)C1. The van der Waals surface area contributed by atoms with Gasteiger partial charge in [0.1, 0.15) is 0 Å². The summed E-state index contributed by atoms with van der Waals surface area (Å²) in [5, 5.41) is 6.44. The Morgan fingerprint density at radius 2 is 2.21 bits per heavy atom. The second-order valence-electron chi connectivity index (χ2n) is 7.09. The number of carbonyl (C=O) groups excluding carboxylic acids is 1. The lowest BCUT2D eigenvalue weighted by Crippen LogP contribution is -2.45. The molecular weight excluding hydrogens is 366 g/mol. The Hall–Kier alpha value is -0.910. The quantitative estimate of drug-likeness (QED) is 0.807. The fourth-order valence-corrected chi connectivity index (χ4v) is 4.52. The number of rotatable bonds is 5. The van der Waals surface area contributed by atoms with Gasteiger partial charge in [0, 0.05) is 23.6 Å². The van der Waals surface area contributed by atoms with Crippen LogP contribution in [0.3, 0.4) is 0 Å². The summed E-state index contributed by atoms with van der Waals surface area (Å²) < 4.78 is 1.18. The zero-order valence-corrected chi connectivity index (χ0v) is 16.0. The van der Waals surface area contributed by atoms with Crippen molar-refractivity contribution in [3.05, 3.63) is 34.3 Å². The summed E-state index contributed by atoms with van der Waals surface area (Å²) in [5.74, 6) is 0.734. The van der Waals surface area contributed by atoms with Gasteiger partial charge in [0.15, 0.2) is 0 Å². The molecule has 0 radical (unpaired) electrons. The number of nitrogens with one attached hydrogen (secondary N) is 2. The van der Waals surface area contributed by atoms with E-state index in [2.05, 4.69) is 62.7 Å². The molecule has 0 aromatic heterocycles. The summed E-state index contributed by atoms with van der Waals surface area (Å²) in [5.41, 5.74) is 1.34. The summed E-state index contributed by atoms with van der Waals surface area (Å²) in [6.07, 6.45) is 4.50. The minimum absolute atomic E-state index is 0.0314. The molecule has 3 unspecified atom stereocenters. The molecule has 1 aromatic carbocycles. The fraction of sp³-hybridized carbons (Fsp3) is 0.632. The van der Waals surface area contributed by atoms with Crippen molar-refractivity contribution in [1.82, 2.24) is 15.5 Å². The molecule has 2 fully saturated rings. The van der Waals surface area contributed by atoms with Crippen molar-refractivity contribution in [2.45, 2.75) is 44.7 Å². The van der Waals surface area contributed by atoms with Crippen LogP contribution in [0.5, 0.6) is 0 Å². The van der Waals surface area contributed by atoms with Crippen molar-refractivity contribution in [2.75, 3.05) is 26.2 Å². The molecule has 2 heterocycles. The molecule has 0 bridgehead atoms. The standard InChI is InChI=1S/C19H28BrN3O/c1-14(16-7-2-3-8-17(16)20)23-11-5-6-15(13-23)12-22-19(24)18-9-4-10-21-18/h2-3,7-8,14-15,18,21H,4-6,9-13H2,1H3,(H,22,24). The summed E-state index contributed by atoms with van der Waals surface area (Å²) in [7, 11) is 0. The van der Waals surface area contributed by atoms with Crippen LogP contribution >= 0.6 is 15.9 Å². The van der Waals surface area contributed by atoms with Gasteiger partial charge < -0.3 is 10.6 Å². The third-order valence-electron chi connectivity index (χ3n) is 5.40. The van der Waals surface area contributed by atoms with Gasteiger partial charge >= 0.3 is 0 Å². The average molecular weight is 394 g/mol. The van der Waals surface area contributed by atoms with Crippen LogP contribution in [0.1, 0.15) is 44.2 Å². The Balaban J connectivity index is 1.52. The fourth-order valence-electron chi connectivity index (χ4n) is 3.90. The van der Waals surface area contributed by atoms with Gasteiger partial charge in [-0.2, -0.15) is 0 Å². The van der Waals surface area contributed by atoms with Crippen LogP contribution < -0.4 is 10.6 Å². The molecule has 3 atom stereocenters. The molecule has 5 heteroatoms. The number of benzene rings is 1. The lowest BCUT2D eigenvalue weighted by Gasteiger charge is -2.37. The highest BCUT2D eigenvalue weighted by Crippen LogP contribution is 2.30. The molecule has 2 aliphatic heterocycles. The first-order valence-electron chi connectivity index (χ1n) is 9.14. The maximum atomic E-state index is 12.2. The van der Waals surface area contributed by atoms with Gasteiger partial charge in [0.2, 0.25) is 5.91 Å². The van der Waals surface area contributed by atoms with Gasteiger partial charge in [0.05, 0.1) is 6.04 Å².